The first kappa shape index (κ1) is 20.9. The Morgan fingerprint density at radius 1 is 1.27 bits per heavy atom. The molecule has 2 N–H and O–H groups in total. The van der Waals surface area contributed by atoms with Gasteiger partial charge in [0, 0.05) is 22.9 Å². The predicted octanol–water partition coefficient (Wildman–Crippen LogP) is 1.85. The smallest absolute Gasteiger partial charge is 0.343 e. The van der Waals surface area contributed by atoms with Crippen molar-refractivity contribution in [3.8, 4) is 11.5 Å². The van der Waals surface area contributed by atoms with E-state index in [-0.39, 0.29) is 17.9 Å². The summed E-state index contributed by atoms with van der Waals surface area (Å²) in [5, 5.41) is 11.0. The van der Waals surface area contributed by atoms with Crippen LogP contribution in [0.2, 0.25) is 5.02 Å². The third-order valence-electron chi connectivity index (χ3n) is 5.30. The zero-order chi connectivity index (χ0) is 21.5. The van der Waals surface area contributed by atoms with E-state index >= 15 is 0 Å². The molecule has 1 fully saturated rings. The number of sulfonamides is 1. The van der Waals surface area contributed by atoms with E-state index in [0.29, 0.717) is 22.1 Å². The number of fused-ring (bicyclic) bond motifs is 3. The van der Waals surface area contributed by atoms with Crippen LogP contribution in [0.3, 0.4) is 0 Å². The molecule has 1 aliphatic carbocycles. The molecule has 0 bridgehead atoms. The highest BCUT2D eigenvalue weighted by Gasteiger charge is 2.51. The van der Waals surface area contributed by atoms with Crippen molar-refractivity contribution >= 4 is 27.6 Å². The molecule has 0 amide bonds. The highest BCUT2D eigenvalue weighted by atomic mass is 35.5. The van der Waals surface area contributed by atoms with Gasteiger partial charge in [0.1, 0.15) is 6.10 Å². The van der Waals surface area contributed by atoms with Crippen molar-refractivity contribution in [1.29, 1.82) is 0 Å². The second kappa shape index (κ2) is 8.07. The predicted molar refractivity (Wildman–Crippen MR) is 107 cm³/mol. The Kier molecular flexibility index (Phi) is 5.63. The molecule has 10 heteroatoms. The van der Waals surface area contributed by atoms with Crippen LogP contribution < -0.4 is 14.2 Å². The number of benzene rings is 2. The van der Waals surface area contributed by atoms with Gasteiger partial charge in [0.15, 0.2) is 18.1 Å². The van der Waals surface area contributed by atoms with Crippen LogP contribution in [0.5, 0.6) is 11.5 Å². The second-order valence-corrected chi connectivity index (χ2v) is 9.28. The quantitative estimate of drug-likeness (QED) is 0.642. The topological polar surface area (TPSA) is 111 Å². The SMILES string of the molecule is COC(=O)COc1cccc2c1OC1CC(O)C(NS(=O)(=O)c3ccc(Cl)cc3)C21. The van der Waals surface area contributed by atoms with Crippen LogP contribution in [-0.4, -0.2) is 51.5 Å². The monoisotopic (exact) mass is 453 g/mol. The van der Waals surface area contributed by atoms with E-state index in [9.17, 15) is 18.3 Å². The number of hydrogen-bond acceptors (Lipinski definition) is 7. The van der Waals surface area contributed by atoms with Gasteiger partial charge >= 0.3 is 5.97 Å². The summed E-state index contributed by atoms with van der Waals surface area (Å²) in [6.45, 7) is -0.277. The van der Waals surface area contributed by atoms with Crippen molar-refractivity contribution in [2.24, 2.45) is 0 Å². The van der Waals surface area contributed by atoms with Gasteiger partial charge in [-0.05, 0) is 30.3 Å². The van der Waals surface area contributed by atoms with E-state index in [1.165, 1.54) is 31.4 Å². The minimum absolute atomic E-state index is 0.0526. The Labute approximate surface area is 178 Å². The molecule has 30 heavy (non-hydrogen) atoms. The standard InChI is InChI=1S/C20H20ClNO7S/c1-27-17(24)10-28-15-4-2-3-13-18-16(29-20(13)15)9-14(23)19(18)22-30(25,26)12-7-5-11(21)6-8-12/h2-8,14,16,18-19,22-23H,9-10H2,1H3. The molecule has 2 aliphatic rings. The number of carbonyl (C=O) groups excluding carboxylic acids is 1. The van der Waals surface area contributed by atoms with Gasteiger partial charge in [0.2, 0.25) is 10.0 Å². The van der Waals surface area contributed by atoms with E-state index in [2.05, 4.69) is 9.46 Å². The number of methoxy groups -OCH3 is 1. The number of halogens is 1. The zero-order valence-electron chi connectivity index (χ0n) is 15.9. The van der Waals surface area contributed by atoms with Crippen molar-refractivity contribution in [3.63, 3.8) is 0 Å². The van der Waals surface area contributed by atoms with Crippen molar-refractivity contribution < 1.29 is 32.5 Å². The molecule has 0 spiro atoms. The maximum Gasteiger partial charge on any atom is 0.343 e. The zero-order valence-corrected chi connectivity index (χ0v) is 17.5. The van der Waals surface area contributed by atoms with E-state index < -0.39 is 40.2 Å². The van der Waals surface area contributed by atoms with Gasteiger partial charge in [-0.15, -0.1) is 0 Å². The van der Waals surface area contributed by atoms with Gasteiger partial charge in [-0.3, -0.25) is 0 Å². The van der Waals surface area contributed by atoms with Crippen LogP contribution in [-0.2, 0) is 19.6 Å². The van der Waals surface area contributed by atoms with E-state index in [1.54, 1.807) is 18.2 Å². The number of para-hydroxylation sites is 1. The molecular weight excluding hydrogens is 434 g/mol. The van der Waals surface area contributed by atoms with Crippen molar-refractivity contribution in [1.82, 2.24) is 4.72 Å². The Morgan fingerprint density at radius 3 is 2.70 bits per heavy atom. The van der Waals surface area contributed by atoms with Crippen LogP contribution in [0.25, 0.3) is 0 Å². The summed E-state index contributed by atoms with van der Waals surface area (Å²) in [6, 6.07) is 10.2. The van der Waals surface area contributed by atoms with Gasteiger partial charge in [-0.2, -0.15) is 0 Å². The lowest BCUT2D eigenvalue weighted by molar-refractivity contribution is -0.142. The molecule has 2 aromatic carbocycles. The van der Waals surface area contributed by atoms with E-state index in [0.717, 1.165) is 0 Å². The van der Waals surface area contributed by atoms with E-state index in [4.69, 9.17) is 21.1 Å². The van der Waals surface area contributed by atoms with Gasteiger partial charge in [-0.1, -0.05) is 23.7 Å². The van der Waals surface area contributed by atoms with Crippen molar-refractivity contribution in [3.05, 3.63) is 53.1 Å². The van der Waals surface area contributed by atoms with Crippen LogP contribution in [0.4, 0.5) is 0 Å². The summed E-state index contributed by atoms with van der Waals surface area (Å²) < 4.78 is 44.3. The molecule has 1 heterocycles. The number of aliphatic hydroxyl groups is 1. The first-order valence-electron chi connectivity index (χ1n) is 9.25. The van der Waals surface area contributed by atoms with Crippen LogP contribution in [0.1, 0.15) is 17.9 Å². The molecule has 4 rings (SSSR count). The van der Waals surface area contributed by atoms with Gasteiger partial charge in [-0.25, -0.2) is 17.9 Å². The van der Waals surface area contributed by atoms with Crippen LogP contribution in [0, 0.1) is 0 Å². The first-order chi connectivity index (χ1) is 14.3. The number of rotatable bonds is 6. The summed E-state index contributed by atoms with van der Waals surface area (Å²) >= 11 is 5.84. The van der Waals surface area contributed by atoms with Crippen molar-refractivity contribution in [2.45, 2.75) is 35.5 Å². The molecule has 0 aromatic heterocycles. The Hall–Kier alpha value is -2.33. The van der Waals surface area contributed by atoms with E-state index in [1.807, 2.05) is 0 Å². The molecule has 2 aromatic rings. The lowest BCUT2D eigenvalue weighted by Crippen LogP contribution is -2.43. The molecule has 160 valence electrons. The minimum Gasteiger partial charge on any atom is -0.485 e. The maximum atomic E-state index is 12.8. The summed E-state index contributed by atoms with van der Waals surface area (Å²) in [5.41, 5.74) is 0.711. The normalized spacial score (nSPS) is 24.6. The van der Waals surface area contributed by atoms with Crippen LogP contribution in [0.15, 0.2) is 47.4 Å². The number of aliphatic hydroxyl groups excluding tert-OH is 1. The highest BCUT2D eigenvalue weighted by Crippen LogP contribution is 2.51. The average Bonchev–Trinajstić information content (AvgIpc) is 3.22. The minimum atomic E-state index is -3.89. The lowest BCUT2D eigenvalue weighted by Gasteiger charge is -2.22. The fraction of sp³-hybridized carbons (Fsp3) is 0.350. The van der Waals surface area contributed by atoms with Crippen LogP contribution >= 0.6 is 11.6 Å². The Balaban J connectivity index is 1.60. The largest absolute Gasteiger partial charge is 0.485 e. The Morgan fingerprint density at radius 2 is 2.00 bits per heavy atom. The summed E-state index contributed by atoms with van der Waals surface area (Å²) in [4.78, 5) is 11.4. The number of hydrogen-bond donors (Lipinski definition) is 2. The maximum absolute atomic E-state index is 12.8. The fourth-order valence-electron chi connectivity index (χ4n) is 3.91. The summed E-state index contributed by atoms with van der Waals surface area (Å²) in [6.07, 6.45) is -1.09. The molecular formula is C20H20ClNO7S. The molecule has 4 unspecified atom stereocenters. The van der Waals surface area contributed by atoms with Gasteiger partial charge < -0.3 is 19.3 Å². The molecule has 0 radical (unpaired) electrons. The molecule has 1 saturated carbocycles. The molecule has 8 nitrogen and oxygen atoms in total. The first-order valence-corrected chi connectivity index (χ1v) is 11.1. The Bertz CT molecular complexity index is 1060. The molecule has 4 atom stereocenters. The number of nitrogens with one attached hydrogen (secondary N) is 1. The van der Waals surface area contributed by atoms with Gasteiger partial charge in [0.05, 0.1) is 24.2 Å². The highest BCUT2D eigenvalue weighted by molar-refractivity contribution is 7.89. The molecule has 0 saturated heterocycles. The lowest BCUT2D eigenvalue weighted by atomic mass is 9.94. The molecule has 1 aliphatic heterocycles. The summed E-state index contributed by atoms with van der Waals surface area (Å²) in [5.74, 6) is -0.131. The number of ether oxygens (including phenoxy) is 3. The van der Waals surface area contributed by atoms with Gasteiger partial charge in [0.25, 0.3) is 0 Å². The third-order valence-corrected chi connectivity index (χ3v) is 7.03. The fourth-order valence-corrected chi connectivity index (χ4v) is 5.33. The second-order valence-electron chi connectivity index (χ2n) is 7.13. The number of esters is 1. The third kappa shape index (κ3) is 3.85. The summed E-state index contributed by atoms with van der Waals surface area (Å²) in [7, 11) is -2.62. The number of carbonyl (C=O) groups is 1. The van der Waals surface area contributed by atoms with Crippen molar-refractivity contribution in [2.75, 3.05) is 13.7 Å². The average molecular weight is 454 g/mol.